The van der Waals surface area contributed by atoms with Crippen LogP contribution in [0.1, 0.15) is 12.0 Å². The number of rotatable bonds is 4. The molecular formula is C10H13ClOS. The van der Waals surface area contributed by atoms with Gasteiger partial charge in [-0.3, -0.25) is 0 Å². The zero-order valence-electron chi connectivity index (χ0n) is 7.59. The summed E-state index contributed by atoms with van der Waals surface area (Å²) in [7, 11) is 0. The van der Waals surface area contributed by atoms with E-state index in [1.165, 1.54) is 4.90 Å². The normalized spacial score (nSPS) is 10.4. The van der Waals surface area contributed by atoms with Crippen molar-refractivity contribution in [3.05, 3.63) is 28.8 Å². The first kappa shape index (κ1) is 10.9. The summed E-state index contributed by atoms with van der Waals surface area (Å²) in [4.78, 5) is 1.22. The van der Waals surface area contributed by atoms with Crippen molar-refractivity contribution in [3.8, 4) is 0 Å². The summed E-state index contributed by atoms with van der Waals surface area (Å²) in [5, 5.41) is 9.49. The lowest BCUT2D eigenvalue weighted by Gasteiger charge is -2.04. The molecule has 0 unspecified atom stereocenters. The molecule has 1 aromatic carbocycles. The Morgan fingerprint density at radius 1 is 1.46 bits per heavy atom. The number of aliphatic hydroxyl groups excluding tert-OH is 1. The Bertz CT molecular complexity index is 276. The van der Waals surface area contributed by atoms with E-state index in [4.69, 9.17) is 16.7 Å². The molecule has 0 aromatic heterocycles. The molecule has 0 heterocycles. The van der Waals surface area contributed by atoms with Gasteiger partial charge in [0.2, 0.25) is 0 Å². The number of halogens is 1. The Balaban J connectivity index is 2.78. The van der Waals surface area contributed by atoms with E-state index in [-0.39, 0.29) is 6.61 Å². The van der Waals surface area contributed by atoms with Gasteiger partial charge in [0.15, 0.2) is 0 Å². The predicted molar refractivity (Wildman–Crippen MR) is 58.6 cm³/mol. The molecule has 0 saturated heterocycles. The van der Waals surface area contributed by atoms with Crippen LogP contribution in [0, 0.1) is 0 Å². The average molecular weight is 217 g/mol. The van der Waals surface area contributed by atoms with Gasteiger partial charge >= 0.3 is 0 Å². The molecule has 72 valence electrons. The average Bonchev–Trinajstić information content (AvgIpc) is 2.17. The van der Waals surface area contributed by atoms with Gasteiger partial charge in [-0.1, -0.05) is 11.6 Å². The molecule has 0 spiro atoms. The molecule has 1 N–H and O–H groups in total. The van der Waals surface area contributed by atoms with Crippen LogP contribution in [0.3, 0.4) is 0 Å². The van der Waals surface area contributed by atoms with Crippen LogP contribution in [0.15, 0.2) is 23.1 Å². The fourth-order valence-corrected chi connectivity index (χ4v) is 1.82. The van der Waals surface area contributed by atoms with Crippen LogP contribution in [0.4, 0.5) is 0 Å². The van der Waals surface area contributed by atoms with Crippen LogP contribution in [-0.4, -0.2) is 18.0 Å². The third-order valence-corrected chi connectivity index (χ3v) is 2.95. The highest BCUT2D eigenvalue weighted by atomic mass is 35.5. The highest BCUT2D eigenvalue weighted by Gasteiger charge is 2.00. The molecule has 0 saturated carbocycles. The van der Waals surface area contributed by atoms with E-state index in [1.807, 2.05) is 18.4 Å². The minimum absolute atomic E-state index is 0.222. The summed E-state index contributed by atoms with van der Waals surface area (Å²) in [6.07, 6.45) is 3.67. The maximum Gasteiger partial charge on any atom is 0.0438 e. The first-order valence-corrected chi connectivity index (χ1v) is 5.81. The first-order chi connectivity index (χ1) is 6.27. The number of benzene rings is 1. The molecule has 0 aliphatic carbocycles. The lowest BCUT2D eigenvalue weighted by Crippen LogP contribution is -1.90. The van der Waals surface area contributed by atoms with E-state index in [1.54, 1.807) is 11.8 Å². The molecule has 1 rings (SSSR count). The molecule has 0 aliphatic heterocycles. The van der Waals surface area contributed by atoms with Crippen molar-refractivity contribution in [1.82, 2.24) is 0 Å². The van der Waals surface area contributed by atoms with Crippen LogP contribution < -0.4 is 0 Å². The summed E-state index contributed by atoms with van der Waals surface area (Å²) in [5.74, 6) is 0. The highest BCUT2D eigenvalue weighted by molar-refractivity contribution is 7.98. The minimum Gasteiger partial charge on any atom is -0.396 e. The van der Waals surface area contributed by atoms with Gasteiger partial charge < -0.3 is 5.11 Å². The Morgan fingerprint density at radius 2 is 2.23 bits per heavy atom. The SMILES string of the molecule is CSc1ccc(Cl)c(CCCO)c1. The van der Waals surface area contributed by atoms with Gasteiger partial charge in [0.1, 0.15) is 0 Å². The Labute approximate surface area is 88.1 Å². The molecule has 0 amide bonds. The van der Waals surface area contributed by atoms with Gasteiger partial charge in [-0.15, -0.1) is 11.8 Å². The van der Waals surface area contributed by atoms with Crippen molar-refractivity contribution in [1.29, 1.82) is 0 Å². The van der Waals surface area contributed by atoms with Crippen LogP contribution in [0.5, 0.6) is 0 Å². The zero-order chi connectivity index (χ0) is 9.68. The fraction of sp³-hybridized carbons (Fsp3) is 0.400. The lowest BCUT2D eigenvalue weighted by atomic mass is 10.1. The molecule has 0 atom stereocenters. The lowest BCUT2D eigenvalue weighted by molar-refractivity contribution is 0.288. The van der Waals surface area contributed by atoms with E-state index in [0.29, 0.717) is 0 Å². The molecule has 0 radical (unpaired) electrons. The molecule has 0 bridgehead atoms. The molecule has 1 aromatic rings. The van der Waals surface area contributed by atoms with E-state index < -0.39 is 0 Å². The third-order valence-electron chi connectivity index (χ3n) is 1.86. The van der Waals surface area contributed by atoms with Crippen molar-refractivity contribution in [2.45, 2.75) is 17.7 Å². The summed E-state index contributed by atoms with van der Waals surface area (Å²) in [6.45, 7) is 0.222. The number of aryl methyl sites for hydroxylation is 1. The van der Waals surface area contributed by atoms with Crippen molar-refractivity contribution >= 4 is 23.4 Å². The number of thioether (sulfide) groups is 1. The van der Waals surface area contributed by atoms with Crippen molar-refractivity contribution < 1.29 is 5.11 Å². The second-order valence-electron chi connectivity index (χ2n) is 2.78. The minimum atomic E-state index is 0.222. The van der Waals surface area contributed by atoms with Crippen molar-refractivity contribution in [2.75, 3.05) is 12.9 Å². The van der Waals surface area contributed by atoms with Gasteiger partial charge in [0.05, 0.1) is 0 Å². The van der Waals surface area contributed by atoms with Crippen LogP contribution in [0.25, 0.3) is 0 Å². The molecule has 0 fully saturated rings. The molecule has 0 aliphatic rings. The predicted octanol–water partition coefficient (Wildman–Crippen LogP) is 2.99. The van der Waals surface area contributed by atoms with E-state index in [2.05, 4.69) is 6.07 Å². The quantitative estimate of drug-likeness (QED) is 0.781. The van der Waals surface area contributed by atoms with Gasteiger partial charge in [-0.25, -0.2) is 0 Å². The molecule has 3 heteroatoms. The highest BCUT2D eigenvalue weighted by Crippen LogP contribution is 2.23. The van der Waals surface area contributed by atoms with E-state index in [0.717, 1.165) is 23.4 Å². The van der Waals surface area contributed by atoms with Crippen LogP contribution in [0.2, 0.25) is 5.02 Å². The first-order valence-electron chi connectivity index (χ1n) is 4.21. The van der Waals surface area contributed by atoms with Gasteiger partial charge in [-0.05, 0) is 42.9 Å². The smallest absolute Gasteiger partial charge is 0.0438 e. The number of aliphatic hydroxyl groups is 1. The summed E-state index contributed by atoms with van der Waals surface area (Å²) in [6, 6.07) is 6.01. The van der Waals surface area contributed by atoms with E-state index in [9.17, 15) is 0 Å². The number of hydrogen-bond donors (Lipinski definition) is 1. The van der Waals surface area contributed by atoms with Gasteiger partial charge in [0, 0.05) is 16.5 Å². The standard InChI is InChI=1S/C10H13ClOS/c1-13-9-4-5-10(11)8(7-9)3-2-6-12/h4-5,7,12H,2-3,6H2,1H3. The Kier molecular flexibility index (Phi) is 4.64. The molecule has 13 heavy (non-hydrogen) atoms. The Hall–Kier alpha value is -0.180. The Morgan fingerprint density at radius 3 is 2.85 bits per heavy atom. The van der Waals surface area contributed by atoms with Crippen molar-refractivity contribution in [2.24, 2.45) is 0 Å². The third kappa shape index (κ3) is 3.22. The summed E-state index contributed by atoms with van der Waals surface area (Å²) >= 11 is 7.70. The summed E-state index contributed by atoms with van der Waals surface area (Å²) in [5.41, 5.74) is 1.13. The monoisotopic (exact) mass is 216 g/mol. The second kappa shape index (κ2) is 5.53. The van der Waals surface area contributed by atoms with Crippen molar-refractivity contribution in [3.63, 3.8) is 0 Å². The molecular weight excluding hydrogens is 204 g/mol. The van der Waals surface area contributed by atoms with Crippen LogP contribution >= 0.6 is 23.4 Å². The maximum atomic E-state index is 8.70. The van der Waals surface area contributed by atoms with Crippen LogP contribution in [-0.2, 0) is 6.42 Å². The summed E-state index contributed by atoms with van der Waals surface area (Å²) < 4.78 is 0. The largest absolute Gasteiger partial charge is 0.396 e. The van der Waals surface area contributed by atoms with E-state index >= 15 is 0 Å². The van der Waals surface area contributed by atoms with Gasteiger partial charge in [-0.2, -0.15) is 0 Å². The topological polar surface area (TPSA) is 20.2 Å². The zero-order valence-corrected chi connectivity index (χ0v) is 9.16. The number of hydrogen-bond acceptors (Lipinski definition) is 2. The maximum absolute atomic E-state index is 8.70. The van der Waals surface area contributed by atoms with Gasteiger partial charge in [0.25, 0.3) is 0 Å². The fourth-order valence-electron chi connectivity index (χ4n) is 1.14. The molecule has 1 nitrogen and oxygen atoms in total. The second-order valence-corrected chi connectivity index (χ2v) is 4.07.